The molecule has 1 heterocycles. The van der Waals surface area contributed by atoms with Gasteiger partial charge in [0, 0.05) is 17.0 Å². The number of rotatable bonds is 9. The number of nitrogens with one attached hydrogen (secondary N) is 2. The highest BCUT2D eigenvalue weighted by Gasteiger charge is 2.25. The molecule has 0 radical (unpaired) electrons. The van der Waals surface area contributed by atoms with Gasteiger partial charge >= 0.3 is 6.09 Å². The standard InChI is InChI=1S/C24H28N4O4S2/c1-24(2,3)32-22(30)26-19(13-16-9-6-5-7-10-16)21-27-28-23(31-21)34-15-20(29)25-17-11-8-12-18(14-17)33-4/h5-12,14,19H,13,15H2,1-4H3,(H,25,29)(H,26,30). The van der Waals surface area contributed by atoms with Crippen LogP contribution in [0, 0.1) is 0 Å². The molecule has 34 heavy (non-hydrogen) atoms. The molecule has 1 unspecified atom stereocenters. The van der Waals surface area contributed by atoms with E-state index in [1.807, 2.05) is 60.9 Å². The minimum Gasteiger partial charge on any atom is -0.444 e. The summed E-state index contributed by atoms with van der Waals surface area (Å²) in [7, 11) is 0. The van der Waals surface area contributed by atoms with Crippen LogP contribution >= 0.6 is 23.5 Å². The van der Waals surface area contributed by atoms with E-state index < -0.39 is 17.7 Å². The van der Waals surface area contributed by atoms with Gasteiger partial charge < -0.3 is 19.8 Å². The van der Waals surface area contributed by atoms with Crippen LogP contribution in [-0.4, -0.2) is 39.8 Å². The Labute approximate surface area is 207 Å². The summed E-state index contributed by atoms with van der Waals surface area (Å²) in [5.41, 5.74) is 1.08. The zero-order valence-electron chi connectivity index (χ0n) is 19.5. The van der Waals surface area contributed by atoms with Gasteiger partial charge in [-0.1, -0.05) is 48.2 Å². The summed E-state index contributed by atoms with van der Waals surface area (Å²) in [6.07, 6.45) is 1.85. The monoisotopic (exact) mass is 500 g/mol. The van der Waals surface area contributed by atoms with E-state index in [1.165, 1.54) is 0 Å². The van der Waals surface area contributed by atoms with Crippen molar-refractivity contribution in [3.05, 3.63) is 66.1 Å². The van der Waals surface area contributed by atoms with Crippen molar-refractivity contribution >= 4 is 41.2 Å². The molecule has 0 aliphatic carbocycles. The van der Waals surface area contributed by atoms with Crippen LogP contribution in [0.15, 0.2) is 69.1 Å². The van der Waals surface area contributed by atoms with E-state index in [1.54, 1.807) is 32.5 Å². The maximum Gasteiger partial charge on any atom is 0.408 e. The first-order valence-electron chi connectivity index (χ1n) is 10.7. The van der Waals surface area contributed by atoms with E-state index in [-0.39, 0.29) is 22.8 Å². The first-order valence-corrected chi connectivity index (χ1v) is 12.9. The lowest BCUT2D eigenvalue weighted by molar-refractivity contribution is -0.113. The number of amides is 2. The number of nitrogens with zero attached hydrogens (tertiary/aromatic N) is 2. The molecule has 1 aromatic heterocycles. The lowest BCUT2D eigenvalue weighted by Crippen LogP contribution is -2.36. The van der Waals surface area contributed by atoms with Crippen LogP contribution in [0.5, 0.6) is 0 Å². The zero-order valence-corrected chi connectivity index (χ0v) is 21.2. The summed E-state index contributed by atoms with van der Waals surface area (Å²) < 4.78 is 11.2. The third-order valence-electron chi connectivity index (χ3n) is 4.37. The number of alkyl carbamates (subject to hydrolysis) is 1. The van der Waals surface area contributed by atoms with E-state index in [0.29, 0.717) is 6.42 Å². The summed E-state index contributed by atoms with van der Waals surface area (Å²) >= 11 is 2.73. The molecule has 0 fully saturated rings. The van der Waals surface area contributed by atoms with Crippen molar-refractivity contribution in [3.8, 4) is 0 Å². The Kier molecular flexibility index (Phi) is 9.00. The number of thioether (sulfide) groups is 2. The smallest absolute Gasteiger partial charge is 0.408 e. The molecule has 3 aromatic rings. The van der Waals surface area contributed by atoms with Crippen molar-refractivity contribution in [3.63, 3.8) is 0 Å². The van der Waals surface area contributed by atoms with Crippen molar-refractivity contribution in [1.82, 2.24) is 15.5 Å². The van der Waals surface area contributed by atoms with Gasteiger partial charge in [0.1, 0.15) is 11.6 Å². The molecule has 0 aliphatic rings. The first kappa shape index (κ1) is 25.6. The largest absolute Gasteiger partial charge is 0.444 e. The lowest BCUT2D eigenvalue weighted by Gasteiger charge is -2.22. The second kappa shape index (κ2) is 11.9. The fourth-order valence-corrected chi connectivity index (χ4v) is 3.97. The minimum atomic E-state index is -0.639. The van der Waals surface area contributed by atoms with Gasteiger partial charge in [-0.05, 0) is 50.8 Å². The van der Waals surface area contributed by atoms with Gasteiger partial charge in [-0.25, -0.2) is 4.79 Å². The molecule has 2 N–H and O–H groups in total. The van der Waals surface area contributed by atoms with Crippen LogP contribution in [0.3, 0.4) is 0 Å². The third kappa shape index (κ3) is 8.42. The van der Waals surface area contributed by atoms with E-state index in [2.05, 4.69) is 20.8 Å². The molecule has 0 spiro atoms. The number of aromatic nitrogens is 2. The van der Waals surface area contributed by atoms with Crippen LogP contribution in [-0.2, 0) is 16.0 Å². The minimum absolute atomic E-state index is 0.105. The Bertz CT molecular complexity index is 1100. The van der Waals surface area contributed by atoms with E-state index in [4.69, 9.17) is 9.15 Å². The van der Waals surface area contributed by atoms with Gasteiger partial charge in [0.2, 0.25) is 11.8 Å². The van der Waals surface area contributed by atoms with Crippen molar-refractivity contribution in [2.75, 3.05) is 17.3 Å². The van der Waals surface area contributed by atoms with Gasteiger partial charge in [-0.15, -0.1) is 22.0 Å². The van der Waals surface area contributed by atoms with Crippen molar-refractivity contribution in [2.45, 2.75) is 49.0 Å². The van der Waals surface area contributed by atoms with E-state index >= 15 is 0 Å². The predicted molar refractivity (Wildman–Crippen MR) is 134 cm³/mol. The molecule has 0 saturated carbocycles. The Balaban J connectivity index is 1.63. The van der Waals surface area contributed by atoms with Crippen LogP contribution in [0.2, 0.25) is 0 Å². The number of hydrogen-bond acceptors (Lipinski definition) is 8. The Morgan fingerprint density at radius 3 is 2.56 bits per heavy atom. The highest BCUT2D eigenvalue weighted by molar-refractivity contribution is 7.99. The van der Waals surface area contributed by atoms with Crippen molar-refractivity contribution in [2.24, 2.45) is 0 Å². The second-order valence-corrected chi connectivity index (χ2v) is 10.2. The van der Waals surface area contributed by atoms with E-state index in [9.17, 15) is 9.59 Å². The molecule has 180 valence electrons. The summed E-state index contributed by atoms with van der Waals surface area (Å²) in [5, 5.41) is 14.1. The Morgan fingerprint density at radius 2 is 1.85 bits per heavy atom. The van der Waals surface area contributed by atoms with Crippen LogP contribution < -0.4 is 10.6 Å². The zero-order chi connectivity index (χ0) is 24.6. The molecule has 8 nitrogen and oxygen atoms in total. The molecule has 0 saturated heterocycles. The van der Waals surface area contributed by atoms with Crippen molar-refractivity contribution < 1.29 is 18.7 Å². The first-order chi connectivity index (χ1) is 16.2. The molecule has 0 aliphatic heterocycles. The number of ether oxygens (including phenoxy) is 1. The summed E-state index contributed by atoms with van der Waals surface area (Å²) in [6, 6.07) is 16.7. The average Bonchev–Trinajstić information content (AvgIpc) is 3.26. The highest BCUT2D eigenvalue weighted by Crippen LogP contribution is 2.24. The molecule has 3 rings (SSSR count). The molecule has 2 aromatic carbocycles. The predicted octanol–water partition coefficient (Wildman–Crippen LogP) is 5.33. The van der Waals surface area contributed by atoms with Crippen LogP contribution in [0.25, 0.3) is 0 Å². The molecular weight excluding hydrogens is 472 g/mol. The molecule has 0 bridgehead atoms. The highest BCUT2D eigenvalue weighted by atomic mass is 32.2. The number of carbonyl (C=O) groups excluding carboxylic acids is 2. The summed E-state index contributed by atoms with van der Waals surface area (Å²) in [5.74, 6) is 0.162. The Hall–Kier alpha value is -2.98. The number of benzene rings is 2. The lowest BCUT2D eigenvalue weighted by atomic mass is 10.1. The Morgan fingerprint density at radius 1 is 1.09 bits per heavy atom. The SMILES string of the molecule is CSc1cccc(NC(=O)CSc2nnc(C(Cc3ccccc3)NC(=O)OC(C)(C)C)o2)c1. The summed E-state index contributed by atoms with van der Waals surface area (Å²) in [6.45, 7) is 5.38. The fourth-order valence-electron chi connectivity index (χ4n) is 2.94. The quantitative estimate of drug-likeness (QED) is 0.380. The molecule has 2 amide bonds. The van der Waals surface area contributed by atoms with Crippen LogP contribution in [0.4, 0.5) is 10.5 Å². The van der Waals surface area contributed by atoms with Crippen LogP contribution in [0.1, 0.15) is 38.3 Å². The van der Waals surface area contributed by atoms with Gasteiger partial charge in [0.15, 0.2) is 0 Å². The number of carbonyl (C=O) groups is 2. The fraction of sp³-hybridized carbons (Fsp3) is 0.333. The number of hydrogen-bond donors (Lipinski definition) is 2. The molecule has 10 heteroatoms. The van der Waals surface area contributed by atoms with Gasteiger partial charge in [-0.3, -0.25) is 4.79 Å². The van der Waals surface area contributed by atoms with Gasteiger partial charge in [0.05, 0.1) is 5.75 Å². The van der Waals surface area contributed by atoms with Crippen molar-refractivity contribution in [1.29, 1.82) is 0 Å². The number of anilines is 1. The topological polar surface area (TPSA) is 106 Å². The van der Waals surface area contributed by atoms with E-state index in [0.717, 1.165) is 27.9 Å². The van der Waals surface area contributed by atoms with Gasteiger partial charge in [-0.2, -0.15) is 0 Å². The molecular formula is C24H28N4O4S2. The molecule has 1 atom stereocenters. The van der Waals surface area contributed by atoms with Gasteiger partial charge in [0.25, 0.3) is 5.22 Å². The second-order valence-electron chi connectivity index (χ2n) is 8.36. The average molecular weight is 501 g/mol. The maximum atomic E-state index is 12.4. The third-order valence-corrected chi connectivity index (χ3v) is 5.92. The normalized spacial score (nSPS) is 12.1. The summed E-state index contributed by atoms with van der Waals surface area (Å²) in [4.78, 5) is 25.8. The maximum absolute atomic E-state index is 12.4.